The smallest absolute Gasteiger partial charge is 0.241 e. The van der Waals surface area contributed by atoms with E-state index in [1.54, 1.807) is 12.3 Å². The third kappa shape index (κ3) is 2.57. The number of nitrogens with zero attached hydrogens (tertiary/aromatic N) is 2. The van der Waals surface area contributed by atoms with Crippen molar-refractivity contribution in [2.24, 2.45) is 5.73 Å². The van der Waals surface area contributed by atoms with Crippen LogP contribution in [0.2, 0.25) is 0 Å². The van der Waals surface area contributed by atoms with Crippen molar-refractivity contribution in [3.05, 3.63) is 53.0 Å². The molecule has 0 radical (unpaired) electrons. The first kappa shape index (κ1) is 13.1. The maximum Gasteiger partial charge on any atom is 0.241 e. The molecule has 2 heterocycles. The number of carbonyl (C=O) groups excluding carboxylic acids is 1. The molecule has 2 aromatic heterocycles. The van der Waals surface area contributed by atoms with Crippen LogP contribution < -0.4 is 5.73 Å². The first-order chi connectivity index (χ1) is 9.00. The maximum absolute atomic E-state index is 10.8. The monoisotopic (exact) mass is 255 g/mol. The van der Waals surface area contributed by atoms with E-state index in [-0.39, 0.29) is 0 Å². The molecule has 0 spiro atoms. The van der Waals surface area contributed by atoms with Crippen molar-refractivity contribution in [1.82, 2.24) is 9.55 Å². The SMILES string of the molecule is Cc1cccnc1-n1c(C)cc(/C=C\C(N)=O)c1C. The number of carbonyl (C=O) groups is 1. The molecule has 0 fully saturated rings. The van der Waals surface area contributed by atoms with Gasteiger partial charge in [-0.2, -0.15) is 0 Å². The number of hydrogen-bond donors (Lipinski definition) is 1. The molecule has 4 nitrogen and oxygen atoms in total. The lowest BCUT2D eigenvalue weighted by Crippen LogP contribution is -2.05. The van der Waals surface area contributed by atoms with Crippen LogP contribution in [0.4, 0.5) is 0 Å². The average Bonchev–Trinajstić information content (AvgIpc) is 2.63. The van der Waals surface area contributed by atoms with E-state index in [0.29, 0.717) is 0 Å². The number of aromatic nitrogens is 2. The van der Waals surface area contributed by atoms with Crippen LogP contribution >= 0.6 is 0 Å². The topological polar surface area (TPSA) is 60.9 Å². The van der Waals surface area contributed by atoms with E-state index in [9.17, 15) is 4.79 Å². The van der Waals surface area contributed by atoms with Gasteiger partial charge in [0.1, 0.15) is 5.82 Å². The van der Waals surface area contributed by atoms with Crippen LogP contribution in [0.1, 0.15) is 22.5 Å². The van der Waals surface area contributed by atoms with Gasteiger partial charge in [-0.15, -0.1) is 0 Å². The van der Waals surface area contributed by atoms with Gasteiger partial charge >= 0.3 is 0 Å². The summed E-state index contributed by atoms with van der Waals surface area (Å²) >= 11 is 0. The quantitative estimate of drug-likeness (QED) is 0.855. The maximum atomic E-state index is 10.8. The number of rotatable bonds is 3. The summed E-state index contributed by atoms with van der Waals surface area (Å²) in [5.41, 5.74) is 9.32. The van der Waals surface area contributed by atoms with E-state index in [0.717, 1.165) is 28.3 Å². The molecule has 0 unspecified atom stereocenters. The highest BCUT2D eigenvalue weighted by atomic mass is 16.1. The van der Waals surface area contributed by atoms with Crippen LogP contribution in [0, 0.1) is 20.8 Å². The zero-order valence-corrected chi connectivity index (χ0v) is 11.3. The van der Waals surface area contributed by atoms with Gasteiger partial charge in [-0.05, 0) is 50.1 Å². The molecule has 0 aliphatic heterocycles. The van der Waals surface area contributed by atoms with Crippen LogP contribution in [0.15, 0.2) is 30.5 Å². The molecular formula is C15H17N3O. The Morgan fingerprint density at radius 2 is 2.11 bits per heavy atom. The fraction of sp³-hybridized carbons (Fsp3) is 0.200. The van der Waals surface area contributed by atoms with E-state index in [4.69, 9.17) is 5.73 Å². The summed E-state index contributed by atoms with van der Waals surface area (Å²) in [6.07, 6.45) is 4.89. The van der Waals surface area contributed by atoms with E-state index >= 15 is 0 Å². The van der Waals surface area contributed by atoms with Crippen molar-refractivity contribution >= 4 is 12.0 Å². The number of primary amides is 1. The highest BCUT2D eigenvalue weighted by Gasteiger charge is 2.11. The first-order valence-corrected chi connectivity index (χ1v) is 6.09. The van der Waals surface area contributed by atoms with Gasteiger partial charge in [0.25, 0.3) is 0 Å². The van der Waals surface area contributed by atoms with Gasteiger partial charge in [-0.1, -0.05) is 6.07 Å². The second kappa shape index (κ2) is 5.10. The molecule has 0 aromatic carbocycles. The lowest BCUT2D eigenvalue weighted by molar-refractivity contribution is -0.113. The van der Waals surface area contributed by atoms with Crippen molar-refractivity contribution in [3.8, 4) is 5.82 Å². The lowest BCUT2D eigenvalue weighted by atomic mass is 10.2. The third-order valence-electron chi connectivity index (χ3n) is 3.09. The fourth-order valence-electron chi connectivity index (χ4n) is 2.17. The predicted molar refractivity (Wildman–Crippen MR) is 76.0 cm³/mol. The van der Waals surface area contributed by atoms with Gasteiger partial charge in [-0.3, -0.25) is 4.79 Å². The predicted octanol–water partition coefficient (Wildman–Crippen LogP) is 2.30. The molecule has 0 atom stereocenters. The molecule has 1 amide bonds. The Morgan fingerprint density at radius 1 is 1.37 bits per heavy atom. The molecule has 98 valence electrons. The minimum absolute atomic E-state index is 0.446. The Kier molecular flexibility index (Phi) is 3.51. The molecule has 4 heteroatoms. The zero-order chi connectivity index (χ0) is 14.0. The van der Waals surface area contributed by atoms with Crippen LogP contribution in [0.25, 0.3) is 11.9 Å². The summed E-state index contributed by atoms with van der Waals surface area (Å²) < 4.78 is 2.08. The van der Waals surface area contributed by atoms with Gasteiger partial charge in [-0.25, -0.2) is 4.98 Å². The van der Waals surface area contributed by atoms with Crippen LogP contribution in [0.5, 0.6) is 0 Å². The second-order valence-corrected chi connectivity index (χ2v) is 4.54. The van der Waals surface area contributed by atoms with Gasteiger partial charge in [0.15, 0.2) is 0 Å². The largest absolute Gasteiger partial charge is 0.366 e. The van der Waals surface area contributed by atoms with Crippen molar-refractivity contribution in [3.63, 3.8) is 0 Å². The number of aryl methyl sites for hydroxylation is 2. The molecule has 2 rings (SSSR count). The molecule has 0 saturated carbocycles. The average molecular weight is 255 g/mol. The Hall–Kier alpha value is -2.36. The molecule has 2 aromatic rings. The fourth-order valence-corrected chi connectivity index (χ4v) is 2.17. The molecule has 0 saturated heterocycles. The Bertz CT molecular complexity index is 653. The number of amides is 1. The Morgan fingerprint density at radius 3 is 2.74 bits per heavy atom. The van der Waals surface area contributed by atoms with E-state index in [1.807, 2.05) is 39.0 Å². The molecule has 19 heavy (non-hydrogen) atoms. The number of nitrogens with two attached hydrogens (primary N) is 1. The first-order valence-electron chi connectivity index (χ1n) is 6.09. The summed E-state index contributed by atoms with van der Waals surface area (Å²) in [4.78, 5) is 15.2. The van der Waals surface area contributed by atoms with Crippen molar-refractivity contribution in [2.45, 2.75) is 20.8 Å². The zero-order valence-electron chi connectivity index (χ0n) is 11.3. The molecule has 0 bridgehead atoms. The number of hydrogen-bond acceptors (Lipinski definition) is 2. The highest BCUT2D eigenvalue weighted by Crippen LogP contribution is 2.22. The van der Waals surface area contributed by atoms with E-state index < -0.39 is 5.91 Å². The minimum Gasteiger partial charge on any atom is -0.366 e. The molecular weight excluding hydrogens is 238 g/mol. The van der Waals surface area contributed by atoms with Crippen molar-refractivity contribution in [2.75, 3.05) is 0 Å². The summed E-state index contributed by atoms with van der Waals surface area (Å²) in [6.45, 7) is 6.05. The Labute approximate surface area is 112 Å². The number of pyridine rings is 1. The normalized spacial score (nSPS) is 11.1. The van der Waals surface area contributed by atoms with Crippen LogP contribution in [0.3, 0.4) is 0 Å². The molecule has 0 aliphatic carbocycles. The van der Waals surface area contributed by atoms with Gasteiger partial charge in [0.2, 0.25) is 5.91 Å². The van der Waals surface area contributed by atoms with Gasteiger partial charge in [0, 0.05) is 23.7 Å². The third-order valence-corrected chi connectivity index (χ3v) is 3.09. The Balaban J connectivity index is 2.54. The standard InChI is InChI=1S/C15H17N3O/c1-10-5-4-8-17-15(10)18-11(2)9-13(12(18)3)6-7-14(16)19/h4-9H,1-3H3,(H2,16,19)/b7-6-. The van der Waals surface area contributed by atoms with Gasteiger partial charge in [0.05, 0.1) is 0 Å². The summed E-state index contributed by atoms with van der Waals surface area (Å²) in [5.74, 6) is 0.468. The second-order valence-electron chi connectivity index (χ2n) is 4.54. The lowest BCUT2D eigenvalue weighted by Gasteiger charge is -2.10. The molecule has 0 aliphatic rings. The minimum atomic E-state index is -0.446. The molecule has 2 N–H and O–H groups in total. The van der Waals surface area contributed by atoms with Gasteiger partial charge < -0.3 is 10.3 Å². The van der Waals surface area contributed by atoms with Crippen LogP contribution in [-0.2, 0) is 4.79 Å². The summed E-state index contributed by atoms with van der Waals surface area (Å²) in [5, 5.41) is 0. The van der Waals surface area contributed by atoms with Crippen molar-refractivity contribution < 1.29 is 4.79 Å². The summed E-state index contributed by atoms with van der Waals surface area (Å²) in [7, 11) is 0. The highest BCUT2D eigenvalue weighted by molar-refractivity contribution is 5.90. The van der Waals surface area contributed by atoms with E-state index in [2.05, 4.69) is 9.55 Å². The van der Waals surface area contributed by atoms with Crippen LogP contribution in [-0.4, -0.2) is 15.5 Å². The van der Waals surface area contributed by atoms with Crippen molar-refractivity contribution in [1.29, 1.82) is 0 Å². The van der Waals surface area contributed by atoms with E-state index in [1.165, 1.54) is 6.08 Å². The summed E-state index contributed by atoms with van der Waals surface area (Å²) in [6, 6.07) is 5.96.